The van der Waals surface area contributed by atoms with Crippen molar-refractivity contribution in [1.29, 1.82) is 0 Å². The van der Waals surface area contributed by atoms with E-state index >= 15 is 0 Å². The van der Waals surface area contributed by atoms with Gasteiger partial charge in [-0.3, -0.25) is 0 Å². The largest absolute Gasteiger partial charge is 0.494 e. The topological polar surface area (TPSA) is 63.6 Å². The van der Waals surface area contributed by atoms with Crippen molar-refractivity contribution in [2.24, 2.45) is 5.41 Å². The molecule has 0 amide bonds. The second-order valence-corrected chi connectivity index (χ2v) is 10.8. The maximum absolute atomic E-state index is 13.0. The van der Waals surface area contributed by atoms with Crippen LogP contribution in [-0.2, 0) is 9.84 Å². The lowest BCUT2D eigenvalue weighted by atomic mass is 9.75. The fourth-order valence-corrected chi connectivity index (χ4v) is 6.27. The number of ether oxygens (including phenoxy) is 1. The molecule has 3 rings (SSSR count). The molecular weight excluding hydrogens is 384 g/mol. The summed E-state index contributed by atoms with van der Waals surface area (Å²) in [5.74, 6) is 0.308. The van der Waals surface area contributed by atoms with Crippen LogP contribution in [0.3, 0.4) is 0 Å². The van der Waals surface area contributed by atoms with Crippen molar-refractivity contribution in [3.63, 3.8) is 0 Å². The minimum Gasteiger partial charge on any atom is -0.494 e. The van der Waals surface area contributed by atoms with Gasteiger partial charge in [0.05, 0.1) is 23.4 Å². The van der Waals surface area contributed by atoms with Crippen LogP contribution < -0.4 is 4.74 Å². The minimum absolute atomic E-state index is 0.0770. The molecule has 0 saturated heterocycles. The van der Waals surface area contributed by atoms with Crippen molar-refractivity contribution in [3.05, 3.63) is 59.2 Å². The number of hydrogen-bond acceptors (Lipinski definition) is 4. The number of aliphatic hydroxyl groups is 1. The summed E-state index contributed by atoms with van der Waals surface area (Å²) in [6, 6.07) is 13.1. The second kappa shape index (κ2) is 8.49. The van der Waals surface area contributed by atoms with Gasteiger partial charge in [-0.1, -0.05) is 63.4 Å². The van der Waals surface area contributed by atoms with Gasteiger partial charge in [-0.2, -0.15) is 0 Å². The quantitative estimate of drug-likeness (QED) is 0.683. The van der Waals surface area contributed by atoms with E-state index < -0.39 is 27.3 Å². The molecule has 2 aromatic carbocycles. The average Bonchev–Trinajstić information content (AvgIpc) is 2.70. The van der Waals surface area contributed by atoms with E-state index in [1.165, 1.54) is 0 Å². The van der Waals surface area contributed by atoms with E-state index in [0.29, 0.717) is 17.1 Å². The molecule has 2 aromatic rings. The van der Waals surface area contributed by atoms with Crippen LogP contribution in [0.2, 0.25) is 0 Å². The molecule has 0 aliphatic carbocycles. The zero-order valence-corrected chi connectivity index (χ0v) is 18.6. The van der Waals surface area contributed by atoms with Crippen LogP contribution in [0.1, 0.15) is 62.6 Å². The zero-order valence-electron chi connectivity index (χ0n) is 17.8. The zero-order chi connectivity index (χ0) is 21.2. The Labute approximate surface area is 174 Å². The molecule has 0 aromatic heterocycles. The number of unbranched alkanes of at least 4 members (excludes halogenated alkanes) is 2. The molecule has 0 spiro atoms. The first-order valence-corrected chi connectivity index (χ1v) is 12.0. The van der Waals surface area contributed by atoms with E-state index in [1.54, 1.807) is 6.07 Å². The van der Waals surface area contributed by atoms with Gasteiger partial charge in [0.25, 0.3) is 0 Å². The first-order chi connectivity index (χ1) is 13.7. The SMILES string of the molecule is CCCCCOc1ccc([C@@H]2c3cc(C)ccc3S(=O)(=O)CC(C)(C)[C@@H]2O)cc1. The van der Waals surface area contributed by atoms with Crippen molar-refractivity contribution in [3.8, 4) is 5.75 Å². The molecule has 0 unspecified atom stereocenters. The van der Waals surface area contributed by atoms with Crippen LogP contribution in [0.4, 0.5) is 0 Å². The van der Waals surface area contributed by atoms with E-state index in [2.05, 4.69) is 6.92 Å². The van der Waals surface area contributed by atoms with Crippen molar-refractivity contribution >= 4 is 9.84 Å². The highest BCUT2D eigenvalue weighted by Crippen LogP contribution is 2.44. The molecule has 29 heavy (non-hydrogen) atoms. The highest BCUT2D eigenvalue weighted by molar-refractivity contribution is 7.91. The molecular formula is C24H32O4S. The maximum Gasteiger partial charge on any atom is 0.179 e. The van der Waals surface area contributed by atoms with Gasteiger partial charge in [0.15, 0.2) is 9.84 Å². The standard InChI is InChI=1S/C24H32O4S/c1-5-6-7-14-28-19-11-9-18(10-12-19)22-20-15-17(2)8-13-21(20)29(26,27)16-24(3,4)23(22)25/h8-13,15,22-23,25H,5-7,14,16H2,1-4H3/t22-,23-/m1/s1. The molecule has 4 nitrogen and oxygen atoms in total. The van der Waals surface area contributed by atoms with Crippen molar-refractivity contribution in [2.45, 2.75) is 63.9 Å². The van der Waals surface area contributed by atoms with Gasteiger partial charge in [0.2, 0.25) is 0 Å². The Morgan fingerprint density at radius 3 is 2.45 bits per heavy atom. The van der Waals surface area contributed by atoms with Crippen LogP contribution in [0, 0.1) is 12.3 Å². The Bertz CT molecular complexity index is 945. The summed E-state index contributed by atoms with van der Waals surface area (Å²) < 4.78 is 31.9. The van der Waals surface area contributed by atoms with Crippen LogP contribution in [0.5, 0.6) is 5.75 Å². The maximum atomic E-state index is 13.0. The first kappa shape index (κ1) is 21.8. The number of rotatable bonds is 6. The smallest absolute Gasteiger partial charge is 0.179 e. The molecule has 0 saturated carbocycles. The molecule has 1 aliphatic heterocycles. The van der Waals surface area contributed by atoms with Crippen LogP contribution in [0.15, 0.2) is 47.4 Å². The van der Waals surface area contributed by atoms with Crippen molar-refractivity contribution < 1.29 is 18.3 Å². The third kappa shape index (κ3) is 4.67. The molecule has 0 fully saturated rings. The molecule has 1 heterocycles. The fraction of sp³-hybridized carbons (Fsp3) is 0.500. The number of benzene rings is 2. The van der Waals surface area contributed by atoms with Crippen LogP contribution in [-0.4, -0.2) is 32.0 Å². The first-order valence-electron chi connectivity index (χ1n) is 10.4. The third-order valence-electron chi connectivity index (χ3n) is 5.77. The van der Waals surface area contributed by atoms with Gasteiger partial charge >= 0.3 is 0 Å². The Hall–Kier alpha value is -1.85. The van der Waals surface area contributed by atoms with E-state index in [4.69, 9.17) is 4.74 Å². The molecule has 1 aliphatic rings. The Morgan fingerprint density at radius 1 is 1.10 bits per heavy atom. The van der Waals surface area contributed by atoms with Gasteiger partial charge in [0.1, 0.15) is 5.75 Å². The summed E-state index contributed by atoms with van der Waals surface area (Å²) in [5.41, 5.74) is 1.79. The normalized spacial score (nSPS) is 22.5. The third-order valence-corrected chi connectivity index (χ3v) is 7.94. The predicted octanol–water partition coefficient (Wildman–Crippen LogP) is 4.87. The Balaban J connectivity index is 2.01. The Morgan fingerprint density at radius 2 is 1.79 bits per heavy atom. The number of aryl methyl sites for hydroxylation is 1. The van der Waals surface area contributed by atoms with Gasteiger partial charge in [0, 0.05) is 11.3 Å². The van der Waals surface area contributed by atoms with Crippen molar-refractivity contribution in [2.75, 3.05) is 12.4 Å². The van der Waals surface area contributed by atoms with Gasteiger partial charge < -0.3 is 9.84 Å². The van der Waals surface area contributed by atoms with E-state index in [9.17, 15) is 13.5 Å². The Kier molecular flexibility index (Phi) is 6.39. The predicted molar refractivity (Wildman–Crippen MR) is 116 cm³/mol. The number of aliphatic hydroxyl groups excluding tert-OH is 1. The van der Waals surface area contributed by atoms with Crippen LogP contribution >= 0.6 is 0 Å². The molecule has 0 radical (unpaired) electrons. The minimum atomic E-state index is -3.49. The molecule has 158 valence electrons. The number of sulfone groups is 1. The number of fused-ring (bicyclic) bond motifs is 1. The summed E-state index contributed by atoms with van der Waals surface area (Å²) >= 11 is 0. The summed E-state index contributed by atoms with van der Waals surface area (Å²) in [5, 5.41) is 11.3. The summed E-state index contributed by atoms with van der Waals surface area (Å²) in [6.07, 6.45) is 2.50. The summed E-state index contributed by atoms with van der Waals surface area (Å²) in [6.45, 7) is 8.44. The van der Waals surface area contributed by atoms with E-state index in [0.717, 1.165) is 36.1 Å². The highest BCUT2D eigenvalue weighted by atomic mass is 32.2. The van der Waals surface area contributed by atoms with Crippen LogP contribution in [0.25, 0.3) is 0 Å². The lowest BCUT2D eigenvalue weighted by molar-refractivity contribution is 0.0521. The summed E-state index contributed by atoms with van der Waals surface area (Å²) in [4.78, 5) is 0.331. The molecule has 5 heteroatoms. The number of hydrogen-bond donors (Lipinski definition) is 1. The van der Waals surface area contributed by atoms with E-state index in [1.807, 2.05) is 57.2 Å². The van der Waals surface area contributed by atoms with E-state index in [-0.39, 0.29) is 5.75 Å². The second-order valence-electron chi connectivity index (χ2n) is 8.84. The fourth-order valence-electron chi connectivity index (χ4n) is 4.14. The molecule has 1 N–H and O–H groups in total. The average molecular weight is 417 g/mol. The molecule has 0 bridgehead atoms. The van der Waals surface area contributed by atoms with Gasteiger partial charge in [-0.15, -0.1) is 0 Å². The highest BCUT2D eigenvalue weighted by Gasteiger charge is 2.44. The van der Waals surface area contributed by atoms with Gasteiger partial charge in [-0.25, -0.2) is 8.42 Å². The lowest BCUT2D eigenvalue weighted by Crippen LogP contribution is -2.38. The van der Waals surface area contributed by atoms with Gasteiger partial charge in [-0.05, 0) is 42.7 Å². The molecule has 2 atom stereocenters. The monoisotopic (exact) mass is 416 g/mol. The summed E-state index contributed by atoms with van der Waals surface area (Å²) in [7, 11) is -3.49. The van der Waals surface area contributed by atoms with Crippen molar-refractivity contribution in [1.82, 2.24) is 0 Å². The lowest BCUT2D eigenvalue weighted by Gasteiger charge is -2.33.